The number of methoxy groups -OCH3 is 1. The molecule has 0 aliphatic carbocycles. The molecular formula is C47H77N5O11. The van der Waals surface area contributed by atoms with Crippen LogP contribution in [0.4, 0.5) is 0 Å². The van der Waals surface area contributed by atoms with Crippen molar-refractivity contribution in [1.29, 1.82) is 0 Å². The van der Waals surface area contributed by atoms with Crippen molar-refractivity contribution in [3.8, 4) is 0 Å². The van der Waals surface area contributed by atoms with Crippen LogP contribution in [0.1, 0.15) is 93.1 Å². The van der Waals surface area contributed by atoms with Crippen molar-refractivity contribution < 1.29 is 53.0 Å². The number of carbonyl (C=O) groups is 3. The second-order valence-corrected chi connectivity index (χ2v) is 19.2. The number of benzene rings is 1. The van der Waals surface area contributed by atoms with E-state index < -0.39 is 78.1 Å². The number of amides is 3. The van der Waals surface area contributed by atoms with E-state index >= 15 is 0 Å². The molecule has 5 N–H and O–H groups in total. The maximum atomic E-state index is 14.8. The zero-order chi connectivity index (χ0) is 46.4. The van der Waals surface area contributed by atoms with E-state index in [9.17, 15) is 24.6 Å². The average molecular weight is 888 g/mol. The lowest BCUT2D eigenvalue weighted by atomic mass is 9.77. The van der Waals surface area contributed by atoms with Gasteiger partial charge in [0, 0.05) is 82.2 Å². The molecule has 0 radical (unpaired) electrons. The van der Waals surface area contributed by atoms with Crippen molar-refractivity contribution in [2.24, 2.45) is 17.8 Å². The van der Waals surface area contributed by atoms with Gasteiger partial charge in [0.05, 0.1) is 41.5 Å². The molecule has 3 amide bonds. The number of ether oxygens (including phenoxy) is 6. The van der Waals surface area contributed by atoms with Crippen LogP contribution < -0.4 is 10.6 Å². The molecule has 0 bridgehead atoms. The number of nitrogens with one attached hydrogen (secondary N) is 3. The summed E-state index contributed by atoms with van der Waals surface area (Å²) in [6, 6.07) is 6.82. The molecule has 4 heterocycles. The molecule has 5 rings (SSSR count). The van der Waals surface area contributed by atoms with Crippen molar-refractivity contribution in [2.75, 3.05) is 47.9 Å². The van der Waals surface area contributed by atoms with Crippen LogP contribution in [0.3, 0.4) is 0 Å². The van der Waals surface area contributed by atoms with Crippen LogP contribution in [0.15, 0.2) is 30.5 Å². The van der Waals surface area contributed by atoms with Crippen LogP contribution in [0.5, 0.6) is 0 Å². The monoisotopic (exact) mass is 888 g/mol. The highest BCUT2D eigenvalue weighted by Crippen LogP contribution is 2.40. The number of carbonyl (C=O) groups excluding carboxylic acids is 3. The molecule has 0 unspecified atom stereocenters. The highest BCUT2D eigenvalue weighted by atomic mass is 16.7. The molecule has 0 saturated carbocycles. The maximum absolute atomic E-state index is 14.8. The number of aliphatic hydroxyl groups excluding tert-OH is 1. The Balaban J connectivity index is 1.55. The smallest absolute Gasteiger partial charge is 0.245 e. The van der Waals surface area contributed by atoms with E-state index in [0.717, 1.165) is 16.5 Å². The van der Waals surface area contributed by atoms with Gasteiger partial charge in [0.25, 0.3) is 0 Å². The summed E-state index contributed by atoms with van der Waals surface area (Å²) >= 11 is 0. The lowest BCUT2D eigenvalue weighted by Gasteiger charge is -2.49. The zero-order valence-electron chi connectivity index (χ0n) is 39.7. The van der Waals surface area contributed by atoms with Gasteiger partial charge in [-0.25, -0.2) is 0 Å². The molecule has 0 spiro atoms. The lowest BCUT2D eigenvalue weighted by Crippen LogP contribution is -2.61. The van der Waals surface area contributed by atoms with Crippen LogP contribution in [-0.4, -0.2) is 163 Å². The molecule has 16 heteroatoms. The summed E-state index contributed by atoms with van der Waals surface area (Å²) in [7, 11) is 7.23. The van der Waals surface area contributed by atoms with Crippen molar-refractivity contribution in [3.05, 3.63) is 36.0 Å². The first-order chi connectivity index (χ1) is 29.7. The number of rotatable bonds is 14. The lowest BCUT2D eigenvalue weighted by molar-refractivity contribution is -0.320. The third kappa shape index (κ3) is 12.4. The standard InChI is InChI=1S/C47H77N5O11/c1-13-37(53)48-19-16-20-59-40-36(51(9)10)21-28(3)60-45(40)63-42-29(4)39(62-38-24-47(8,58-12)41(54)31(6)61-38)30(5)43(55)50-35(22-32-25-49-34-18-15-14-17-33(32)34)44(56)52(11)26-27(2)23-46(42,7)57/h14-15,17-18,25,27-31,35-36,38-42,45,49,54,57H,13,16,19-24,26H2,1-12H3,(H,48,53)(H,50,55)/t27-,28-,29+,30-,31+,35+,36+,38+,39+,40-,41+,42-,45+,46-,47-/m1/s1. The van der Waals surface area contributed by atoms with Crippen molar-refractivity contribution in [2.45, 2.75) is 166 Å². The molecule has 1 aromatic heterocycles. The average Bonchev–Trinajstić information content (AvgIpc) is 3.64. The summed E-state index contributed by atoms with van der Waals surface area (Å²) in [5, 5.41) is 30.9. The van der Waals surface area contributed by atoms with Gasteiger partial charge in [-0.2, -0.15) is 0 Å². The summed E-state index contributed by atoms with van der Waals surface area (Å²) < 4.78 is 39.3. The van der Waals surface area contributed by atoms with Crippen molar-refractivity contribution in [3.63, 3.8) is 0 Å². The van der Waals surface area contributed by atoms with Crippen LogP contribution in [0, 0.1) is 17.8 Å². The molecule has 3 aliphatic rings. The van der Waals surface area contributed by atoms with Gasteiger partial charge < -0.3 is 64.1 Å². The second-order valence-electron chi connectivity index (χ2n) is 19.2. The minimum Gasteiger partial charge on any atom is -0.387 e. The molecule has 3 fully saturated rings. The summed E-state index contributed by atoms with van der Waals surface area (Å²) in [5.74, 6) is -2.53. The quantitative estimate of drug-likeness (QED) is 0.173. The Morgan fingerprint density at radius 1 is 1.05 bits per heavy atom. The first kappa shape index (κ1) is 50.8. The van der Waals surface area contributed by atoms with E-state index in [1.54, 1.807) is 39.6 Å². The Morgan fingerprint density at radius 3 is 2.44 bits per heavy atom. The normalized spacial score (nSPS) is 37.6. The fourth-order valence-electron chi connectivity index (χ4n) is 9.97. The Kier molecular flexibility index (Phi) is 17.6. The molecule has 2 aromatic rings. The SMILES string of the molecule is CCC(=O)NCCCO[C@H]1[C@H](O[C@@H]2[C@@H](C)[C@H](O[C@H]3C[C@@](C)(OC)[C@@H](O)[C@H](C)O3)[C@@H](C)C(=O)N[C@@H](Cc3c[nH]c4ccccc34)C(=O)N(C)C[C@H](C)C[C@@]2(C)O)O[C@H](C)C[C@@H]1N(C)C. The minimum atomic E-state index is -1.55. The van der Waals surface area contributed by atoms with E-state index in [4.69, 9.17) is 28.4 Å². The number of H-pyrrole nitrogens is 1. The topological polar surface area (TPSA) is 193 Å². The molecule has 356 valence electrons. The van der Waals surface area contributed by atoms with E-state index in [1.807, 2.05) is 72.3 Å². The highest BCUT2D eigenvalue weighted by Gasteiger charge is 2.52. The first-order valence-electron chi connectivity index (χ1n) is 22.9. The molecular weight excluding hydrogens is 811 g/mol. The number of nitrogens with zero attached hydrogens (tertiary/aromatic N) is 2. The molecule has 16 nitrogen and oxygen atoms in total. The number of likely N-dealkylation sites (N-methyl/N-ethyl adjacent to an activating group) is 2. The Bertz CT molecular complexity index is 1810. The molecule has 3 saturated heterocycles. The highest BCUT2D eigenvalue weighted by molar-refractivity contribution is 5.90. The fraction of sp³-hybridized carbons (Fsp3) is 0.766. The van der Waals surface area contributed by atoms with Gasteiger partial charge in [0.15, 0.2) is 12.6 Å². The molecule has 63 heavy (non-hydrogen) atoms. The zero-order valence-corrected chi connectivity index (χ0v) is 39.7. The maximum Gasteiger partial charge on any atom is 0.245 e. The number of aromatic nitrogens is 1. The Morgan fingerprint density at radius 2 is 1.76 bits per heavy atom. The summed E-state index contributed by atoms with van der Waals surface area (Å²) in [6.07, 6.45) is -2.09. The van der Waals surface area contributed by atoms with Crippen LogP contribution in [-0.2, 0) is 49.2 Å². The molecule has 3 aliphatic heterocycles. The van der Waals surface area contributed by atoms with Crippen molar-refractivity contribution in [1.82, 2.24) is 25.4 Å². The largest absolute Gasteiger partial charge is 0.387 e. The van der Waals surface area contributed by atoms with E-state index in [0.29, 0.717) is 39.0 Å². The van der Waals surface area contributed by atoms with Gasteiger partial charge in [0.1, 0.15) is 18.2 Å². The Labute approximate surface area is 374 Å². The number of hydrogen-bond donors (Lipinski definition) is 5. The van der Waals surface area contributed by atoms with Gasteiger partial charge >= 0.3 is 0 Å². The van der Waals surface area contributed by atoms with Crippen LogP contribution >= 0.6 is 0 Å². The van der Waals surface area contributed by atoms with Gasteiger partial charge in [-0.15, -0.1) is 0 Å². The van der Waals surface area contributed by atoms with E-state index in [-0.39, 0.29) is 49.1 Å². The number of fused-ring (bicyclic) bond motifs is 1. The third-order valence-electron chi connectivity index (χ3n) is 13.5. The van der Waals surface area contributed by atoms with Gasteiger partial charge in [-0.1, -0.05) is 45.9 Å². The van der Waals surface area contributed by atoms with Crippen LogP contribution in [0.2, 0.25) is 0 Å². The third-order valence-corrected chi connectivity index (χ3v) is 13.5. The first-order valence-corrected chi connectivity index (χ1v) is 22.9. The molecule has 15 atom stereocenters. The molecule has 1 aromatic carbocycles. The fourth-order valence-corrected chi connectivity index (χ4v) is 9.97. The second kappa shape index (κ2) is 21.9. The van der Waals surface area contributed by atoms with E-state index in [2.05, 4.69) is 20.5 Å². The summed E-state index contributed by atoms with van der Waals surface area (Å²) in [6.45, 7) is 15.8. The number of aliphatic hydroxyl groups is 2. The van der Waals surface area contributed by atoms with Gasteiger partial charge in [-0.3, -0.25) is 14.4 Å². The van der Waals surface area contributed by atoms with E-state index in [1.165, 1.54) is 7.11 Å². The van der Waals surface area contributed by atoms with Crippen molar-refractivity contribution >= 4 is 28.6 Å². The summed E-state index contributed by atoms with van der Waals surface area (Å²) in [4.78, 5) is 48.1. The minimum absolute atomic E-state index is 0.0305. The predicted octanol–water partition coefficient (Wildman–Crippen LogP) is 3.75. The summed E-state index contributed by atoms with van der Waals surface area (Å²) in [5.41, 5.74) is -0.751. The number of hydrogen-bond acceptors (Lipinski definition) is 12. The van der Waals surface area contributed by atoms with Crippen LogP contribution in [0.25, 0.3) is 10.9 Å². The number of para-hydroxylation sites is 1. The predicted molar refractivity (Wildman–Crippen MR) is 239 cm³/mol. The van der Waals surface area contributed by atoms with Gasteiger partial charge in [-0.05, 0) is 78.6 Å². The van der Waals surface area contributed by atoms with Gasteiger partial charge in [0.2, 0.25) is 17.7 Å². The Hall–Kier alpha value is -3.19. The number of aromatic amines is 1.